The van der Waals surface area contributed by atoms with E-state index in [1.54, 1.807) is 0 Å². The second-order valence-electron chi connectivity index (χ2n) is 6.07. The monoisotopic (exact) mass is 258 g/mol. The van der Waals surface area contributed by atoms with E-state index >= 15 is 0 Å². The third-order valence-electron chi connectivity index (χ3n) is 4.67. The van der Waals surface area contributed by atoms with Crippen molar-refractivity contribution in [3.05, 3.63) is 29.8 Å². The lowest BCUT2D eigenvalue weighted by Gasteiger charge is -2.19. The molecule has 2 nitrogen and oxygen atoms in total. The molecule has 0 atom stereocenters. The molecule has 1 aromatic carbocycles. The summed E-state index contributed by atoms with van der Waals surface area (Å²) in [5.74, 6) is 0.965. The Labute approximate surface area is 117 Å². The van der Waals surface area contributed by atoms with E-state index in [1.165, 1.54) is 76.0 Å². The van der Waals surface area contributed by atoms with Gasteiger partial charge < -0.3 is 10.2 Å². The van der Waals surface area contributed by atoms with E-state index in [-0.39, 0.29) is 0 Å². The van der Waals surface area contributed by atoms with Gasteiger partial charge in [-0.25, -0.2) is 0 Å². The number of hydrogen-bond donors (Lipinski definition) is 1. The van der Waals surface area contributed by atoms with Gasteiger partial charge in [0.2, 0.25) is 0 Å². The van der Waals surface area contributed by atoms with Gasteiger partial charge in [-0.15, -0.1) is 0 Å². The largest absolute Gasteiger partial charge is 0.371 e. The van der Waals surface area contributed by atoms with Crippen LogP contribution >= 0.6 is 0 Å². The molecule has 0 radical (unpaired) electrons. The molecule has 1 aliphatic carbocycles. The van der Waals surface area contributed by atoms with Gasteiger partial charge in [-0.1, -0.05) is 31.0 Å². The molecule has 2 aliphatic rings. The van der Waals surface area contributed by atoms with Gasteiger partial charge in [0, 0.05) is 18.8 Å². The summed E-state index contributed by atoms with van der Waals surface area (Å²) in [6.45, 7) is 4.84. The Kier molecular flexibility index (Phi) is 4.39. The van der Waals surface area contributed by atoms with Gasteiger partial charge in [-0.3, -0.25) is 0 Å². The summed E-state index contributed by atoms with van der Waals surface area (Å²) in [6, 6.07) is 8.86. The number of nitrogens with zero attached hydrogens (tertiary/aromatic N) is 1. The zero-order chi connectivity index (χ0) is 12.9. The van der Waals surface area contributed by atoms with Crippen LogP contribution in [0, 0.1) is 5.92 Å². The first-order valence-electron chi connectivity index (χ1n) is 7.97. The zero-order valence-corrected chi connectivity index (χ0v) is 11.9. The highest BCUT2D eigenvalue weighted by Gasteiger charge is 2.17. The first-order valence-corrected chi connectivity index (χ1v) is 7.97. The van der Waals surface area contributed by atoms with Crippen LogP contribution in [0.3, 0.4) is 0 Å². The molecule has 2 heteroatoms. The van der Waals surface area contributed by atoms with Crippen molar-refractivity contribution in [1.82, 2.24) is 5.32 Å². The summed E-state index contributed by atoms with van der Waals surface area (Å²) in [5, 5.41) is 3.65. The average Bonchev–Trinajstić information content (AvgIpc) is 3.08. The maximum absolute atomic E-state index is 3.65. The first kappa shape index (κ1) is 13.0. The number of benzene rings is 1. The molecule has 1 saturated carbocycles. The van der Waals surface area contributed by atoms with Gasteiger partial charge >= 0.3 is 0 Å². The fourth-order valence-corrected chi connectivity index (χ4v) is 3.55. The summed E-state index contributed by atoms with van der Waals surface area (Å²) in [5.41, 5.74) is 3.00. The lowest BCUT2D eigenvalue weighted by Crippen LogP contribution is -2.27. The van der Waals surface area contributed by atoms with Crippen LogP contribution in [-0.4, -0.2) is 26.2 Å². The molecule has 0 spiro atoms. The highest BCUT2D eigenvalue weighted by molar-refractivity contribution is 5.57. The Balaban J connectivity index is 1.34. The molecule has 1 heterocycles. The number of hydrogen-bond acceptors (Lipinski definition) is 2. The smallest absolute Gasteiger partial charge is 0.0399 e. The Hall–Kier alpha value is -1.02. The van der Waals surface area contributed by atoms with Crippen molar-refractivity contribution in [2.24, 2.45) is 5.92 Å². The highest BCUT2D eigenvalue weighted by atomic mass is 15.1. The van der Waals surface area contributed by atoms with Crippen LogP contribution in [0.4, 0.5) is 5.69 Å². The van der Waals surface area contributed by atoms with Gasteiger partial charge in [0.15, 0.2) is 0 Å². The number of anilines is 1. The van der Waals surface area contributed by atoms with E-state index in [0.717, 1.165) is 5.92 Å². The van der Waals surface area contributed by atoms with Crippen molar-refractivity contribution in [2.45, 2.75) is 38.5 Å². The number of fused-ring (bicyclic) bond motifs is 1. The van der Waals surface area contributed by atoms with Crippen LogP contribution in [0.25, 0.3) is 0 Å². The van der Waals surface area contributed by atoms with Gasteiger partial charge in [0.05, 0.1) is 0 Å². The second-order valence-corrected chi connectivity index (χ2v) is 6.07. The Bertz CT molecular complexity index is 396. The quantitative estimate of drug-likeness (QED) is 0.788. The molecule has 1 fully saturated rings. The Morgan fingerprint density at radius 2 is 2.00 bits per heavy atom. The number of para-hydroxylation sites is 1. The molecule has 19 heavy (non-hydrogen) atoms. The standard InChI is InChI=1S/C17H26N2/c1-2-7-15(6-1)14-18-11-5-12-19-13-10-16-8-3-4-9-17(16)19/h3-4,8-9,15,18H,1-2,5-7,10-14H2. The topological polar surface area (TPSA) is 15.3 Å². The van der Waals surface area contributed by atoms with Crippen molar-refractivity contribution >= 4 is 5.69 Å². The van der Waals surface area contributed by atoms with Crippen molar-refractivity contribution in [1.29, 1.82) is 0 Å². The first-order chi connectivity index (χ1) is 9.43. The predicted molar refractivity (Wildman–Crippen MR) is 81.8 cm³/mol. The van der Waals surface area contributed by atoms with Crippen molar-refractivity contribution < 1.29 is 0 Å². The lowest BCUT2D eigenvalue weighted by atomic mass is 10.1. The Morgan fingerprint density at radius 1 is 1.16 bits per heavy atom. The minimum atomic E-state index is 0.965. The van der Waals surface area contributed by atoms with E-state index in [9.17, 15) is 0 Å². The highest BCUT2D eigenvalue weighted by Crippen LogP contribution is 2.27. The van der Waals surface area contributed by atoms with E-state index in [4.69, 9.17) is 0 Å². The summed E-state index contributed by atoms with van der Waals surface area (Å²) >= 11 is 0. The average molecular weight is 258 g/mol. The molecule has 1 aromatic rings. The predicted octanol–water partition coefficient (Wildman–Crippen LogP) is 3.22. The van der Waals surface area contributed by atoms with Crippen LogP contribution < -0.4 is 10.2 Å². The molecule has 104 valence electrons. The second kappa shape index (κ2) is 6.42. The number of rotatable bonds is 6. The lowest BCUT2D eigenvalue weighted by molar-refractivity contribution is 0.485. The van der Waals surface area contributed by atoms with Crippen LogP contribution in [0.2, 0.25) is 0 Å². The van der Waals surface area contributed by atoms with Crippen LogP contribution in [0.1, 0.15) is 37.7 Å². The molecule has 1 N–H and O–H groups in total. The van der Waals surface area contributed by atoms with Crippen LogP contribution in [0.5, 0.6) is 0 Å². The van der Waals surface area contributed by atoms with Crippen molar-refractivity contribution in [3.63, 3.8) is 0 Å². The molecule has 0 unspecified atom stereocenters. The van der Waals surface area contributed by atoms with Gasteiger partial charge in [-0.2, -0.15) is 0 Å². The maximum Gasteiger partial charge on any atom is 0.0399 e. The molecule has 0 bridgehead atoms. The molecule has 0 amide bonds. The SMILES string of the molecule is c1ccc2c(c1)CCN2CCCNCC1CCCC1. The summed E-state index contributed by atoms with van der Waals surface area (Å²) < 4.78 is 0. The fraction of sp³-hybridized carbons (Fsp3) is 0.647. The van der Waals surface area contributed by atoms with Crippen LogP contribution in [-0.2, 0) is 6.42 Å². The Morgan fingerprint density at radius 3 is 2.89 bits per heavy atom. The zero-order valence-electron chi connectivity index (χ0n) is 11.9. The van der Waals surface area contributed by atoms with Gasteiger partial charge in [-0.05, 0) is 56.3 Å². The third-order valence-corrected chi connectivity index (χ3v) is 4.67. The van der Waals surface area contributed by atoms with Crippen LogP contribution in [0.15, 0.2) is 24.3 Å². The van der Waals surface area contributed by atoms with Crippen molar-refractivity contribution in [3.8, 4) is 0 Å². The molecule has 3 rings (SSSR count). The van der Waals surface area contributed by atoms with E-state index in [2.05, 4.69) is 34.5 Å². The molecule has 0 saturated heterocycles. The summed E-state index contributed by atoms with van der Waals surface area (Å²) in [7, 11) is 0. The van der Waals surface area contributed by atoms with Gasteiger partial charge in [0.1, 0.15) is 0 Å². The molecule has 0 aromatic heterocycles. The van der Waals surface area contributed by atoms with E-state index in [0.29, 0.717) is 0 Å². The van der Waals surface area contributed by atoms with E-state index in [1.807, 2.05) is 0 Å². The molecule has 1 aliphatic heterocycles. The minimum Gasteiger partial charge on any atom is -0.371 e. The molecular weight excluding hydrogens is 232 g/mol. The van der Waals surface area contributed by atoms with Crippen molar-refractivity contribution in [2.75, 3.05) is 31.1 Å². The number of nitrogens with one attached hydrogen (secondary N) is 1. The third kappa shape index (κ3) is 3.30. The normalized spacial score (nSPS) is 19.1. The summed E-state index contributed by atoms with van der Waals surface area (Å²) in [6.07, 6.45) is 8.31. The minimum absolute atomic E-state index is 0.965. The van der Waals surface area contributed by atoms with E-state index < -0.39 is 0 Å². The molecular formula is C17H26N2. The summed E-state index contributed by atoms with van der Waals surface area (Å²) in [4.78, 5) is 2.55. The van der Waals surface area contributed by atoms with Gasteiger partial charge in [0.25, 0.3) is 0 Å². The fourth-order valence-electron chi connectivity index (χ4n) is 3.55. The maximum atomic E-state index is 3.65.